The first-order valence-electron chi connectivity index (χ1n) is 3.28. The highest BCUT2D eigenvalue weighted by atomic mass is 32.3. The van der Waals surface area contributed by atoms with Crippen LogP contribution >= 0.6 is 0 Å². The lowest BCUT2D eigenvalue weighted by Gasteiger charge is -1.73. The highest BCUT2D eigenvalue weighted by molar-refractivity contribution is 7.80. The lowest BCUT2D eigenvalue weighted by atomic mass is 10.7. The molecule has 0 amide bonds. The molecule has 0 radical (unpaired) electrons. The second kappa shape index (κ2) is 11.8. The van der Waals surface area contributed by atoms with Crippen LogP contribution in [0.4, 0.5) is 0 Å². The predicted octanol–water partition coefficient (Wildman–Crippen LogP) is -2.93. The maximum absolute atomic E-state index is 9.24. The maximum atomic E-state index is 9.24. The largest absolute Gasteiger partial charge is 0.480 e. The van der Waals surface area contributed by atoms with Crippen LogP contribution in [0.3, 0.4) is 0 Å². The first-order valence-corrected chi connectivity index (χ1v) is 7.48. The minimum atomic E-state index is -4.67. The van der Waals surface area contributed by atoms with Gasteiger partial charge in [0, 0.05) is 0 Å². The highest BCUT2D eigenvalue weighted by Crippen LogP contribution is 1.60. The minimum absolute atomic E-state index is 0.278. The van der Waals surface area contributed by atoms with Gasteiger partial charge in [0.25, 0.3) is 0 Å². The smallest absolute Gasteiger partial charge is 0.394 e. The molecule has 0 aromatic rings. The Morgan fingerprint density at radius 3 is 0.750 bits per heavy atom. The third kappa shape index (κ3) is 4050. The number of nitrogens with two attached hydrogens (primary N) is 1. The number of hydrogen-bond donors (Lipinski definition) is 8. The second-order valence-corrected chi connectivity index (χ2v) is 4.63. The van der Waals surface area contributed by atoms with E-state index >= 15 is 0 Å². The van der Waals surface area contributed by atoms with Gasteiger partial charge in [0.2, 0.25) is 0 Å². The van der Waals surface area contributed by atoms with Crippen LogP contribution in [0, 0.1) is 0 Å². The van der Waals surface area contributed by atoms with Crippen molar-refractivity contribution in [2.45, 2.75) is 0 Å². The van der Waals surface area contributed by atoms with Gasteiger partial charge < -0.3 is 10.8 Å². The van der Waals surface area contributed by atoms with E-state index in [2.05, 4.69) is 5.73 Å². The molecular formula is C2H11NO14S3. The van der Waals surface area contributed by atoms with Gasteiger partial charge in [0.05, 0.1) is 6.54 Å². The number of aliphatic carboxylic acids is 1. The van der Waals surface area contributed by atoms with Crippen molar-refractivity contribution >= 4 is 37.2 Å². The molecule has 126 valence electrons. The molecule has 0 atom stereocenters. The van der Waals surface area contributed by atoms with Crippen molar-refractivity contribution in [2.24, 2.45) is 5.73 Å². The van der Waals surface area contributed by atoms with Crippen molar-refractivity contribution in [3.05, 3.63) is 0 Å². The highest BCUT2D eigenvalue weighted by Gasteiger charge is 1.85. The summed E-state index contributed by atoms with van der Waals surface area (Å²) in [6.45, 7) is -0.278. The molecule has 0 unspecified atom stereocenters. The normalized spacial score (nSPS) is 10.6. The van der Waals surface area contributed by atoms with Crippen molar-refractivity contribution in [3.63, 3.8) is 0 Å². The lowest BCUT2D eigenvalue weighted by molar-refractivity contribution is -0.135. The Labute approximate surface area is 112 Å². The fraction of sp³-hybridized carbons (Fsp3) is 0.500. The van der Waals surface area contributed by atoms with Crippen LogP contribution in [0.5, 0.6) is 0 Å². The summed E-state index contributed by atoms with van der Waals surface area (Å²) in [5.74, 6) is -0.968. The number of hydrogen-bond acceptors (Lipinski definition) is 8. The third-order valence-corrected chi connectivity index (χ3v) is 0.175. The Bertz CT molecular complexity index is 442. The van der Waals surface area contributed by atoms with Gasteiger partial charge in [-0.25, -0.2) is 0 Å². The van der Waals surface area contributed by atoms with Crippen LogP contribution in [-0.4, -0.2) is 70.2 Å². The van der Waals surface area contributed by atoms with Gasteiger partial charge in [-0.05, 0) is 0 Å². The van der Waals surface area contributed by atoms with E-state index < -0.39 is 37.2 Å². The van der Waals surface area contributed by atoms with E-state index in [1.54, 1.807) is 0 Å². The van der Waals surface area contributed by atoms with E-state index in [-0.39, 0.29) is 6.54 Å². The molecule has 0 saturated heterocycles. The third-order valence-electron chi connectivity index (χ3n) is 0.175. The van der Waals surface area contributed by atoms with Crippen LogP contribution in [0.25, 0.3) is 0 Å². The molecule has 0 aliphatic carbocycles. The Hall–Kier alpha value is -0.960. The number of rotatable bonds is 1. The van der Waals surface area contributed by atoms with Crippen molar-refractivity contribution in [1.29, 1.82) is 0 Å². The monoisotopic (exact) mass is 369 g/mol. The van der Waals surface area contributed by atoms with Crippen molar-refractivity contribution in [3.8, 4) is 0 Å². The molecule has 0 aromatic heterocycles. The maximum Gasteiger partial charge on any atom is 0.394 e. The number of carbonyl (C=O) groups is 1. The Kier molecular flexibility index (Phi) is 16.2. The zero-order valence-corrected chi connectivity index (χ0v) is 11.4. The van der Waals surface area contributed by atoms with Gasteiger partial charge >= 0.3 is 37.2 Å². The Morgan fingerprint density at radius 1 is 0.700 bits per heavy atom. The predicted molar refractivity (Wildman–Crippen MR) is 59.2 cm³/mol. The number of carboxylic acids is 1. The lowest BCUT2D eigenvalue weighted by Crippen LogP contribution is -2.10. The standard InChI is InChI=1S/C2H5NO2.3H2O4S/c3-1-2(4)5;3*1-5(2,3)4/h1,3H2,(H,4,5);3*(H2,1,2,3,4). The quantitative estimate of drug-likeness (QED) is 0.214. The van der Waals surface area contributed by atoms with Gasteiger partial charge in [-0.3, -0.25) is 32.1 Å². The summed E-state index contributed by atoms with van der Waals surface area (Å²) in [6, 6.07) is 0. The molecule has 9 N–H and O–H groups in total. The average Bonchev–Trinajstić information content (AvgIpc) is 1.93. The summed E-state index contributed by atoms with van der Waals surface area (Å²) >= 11 is 0. The molecule has 0 heterocycles. The Morgan fingerprint density at radius 2 is 0.750 bits per heavy atom. The Balaban J connectivity index is -0.0000000853. The molecular weight excluding hydrogens is 358 g/mol. The summed E-state index contributed by atoms with van der Waals surface area (Å²) in [5.41, 5.74) is 4.57. The van der Waals surface area contributed by atoms with Gasteiger partial charge in [0.15, 0.2) is 0 Å². The minimum Gasteiger partial charge on any atom is -0.480 e. The van der Waals surface area contributed by atoms with Gasteiger partial charge in [-0.1, -0.05) is 0 Å². The summed E-state index contributed by atoms with van der Waals surface area (Å²) in [4.78, 5) is 9.24. The van der Waals surface area contributed by atoms with E-state index in [0.717, 1.165) is 0 Å². The SMILES string of the molecule is NCC(=O)O.O=S(=O)(O)O.O=S(=O)(O)O.O=S(=O)(O)O. The molecule has 0 spiro atoms. The van der Waals surface area contributed by atoms with Crippen molar-refractivity contribution < 1.29 is 62.5 Å². The van der Waals surface area contributed by atoms with E-state index in [1.807, 2.05) is 0 Å². The average molecular weight is 369 g/mol. The van der Waals surface area contributed by atoms with Gasteiger partial charge in [-0.15, -0.1) is 0 Å². The van der Waals surface area contributed by atoms with Crippen molar-refractivity contribution in [1.82, 2.24) is 0 Å². The topological polar surface area (TPSA) is 287 Å². The first kappa shape index (κ1) is 27.4. The van der Waals surface area contributed by atoms with E-state index in [1.165, 1.54) is 0 Å². The van der Waals surface area contributed by atoms with E-state index in [0.29, 0.717) is 0 Å². The van der Waals surface area contributed by atoms with Crippen LogP contribution in [0.1, 0.15) is 0 Å². The van der Waals surface area contributed by atoms with Crippen LogP contribution < -0.4 is 5.73 Å². The van der Waals surface area contributed by atoms with Crippen LogP contribution in [0.2, 0.25) is 0 Å². The molecule has 0 bridgehead atoms. The van der Waals surface area contributed by atoms with Gasteiger partial charge in [-0.2, -0.15) is 25.3 Å². The molecule has 0 saturated carbocycles. The van der Waals surface area contributed by atoms with Crippen LogP contribution in [-0.2, 0) is 36.0 Å². The molecule has 15 nitrogen and oxygen atoms in total. The fourth-order valence-electron chi connectivity index (χ4n) is 0. The zero-order valence-electron chi connectivity index (χ0n) is 9.00. The molecule has 0 aliphatic rings. The number of carboxylic acid groups (broad SMARTS) is 1. The molecule has 0 fully saturated rings. The van der Waals surface area contributed by atoms with E-state index in [9.17, 15) is 4.79 Å². The summed E-state index contributed by atoms with van der Waals surface area (Å²) < 4.78 is 94.8. The molecule has 18 heteroatoms. The van der Waals surface area contributed by atoms with Crippen molar-refractivity contribution in [2.75, 3.05) is 6.54 Å². The molecule has 0 aliphatic heterocycles. The van der Waals surface area contributed by atoms with Gasteiger partial charge in [0.1, 0.15) is 0 Å². The summed E-state index contributed by atoms with van der Waals surface area (Å²) in [6.07, 6.45) is 0. The zero-order chi connectivity index (χ0) is 17.8. The molecule has 0 rings (SSSR count). The summed E-state index contributed by atoms with van der Waals surface area (Å²) in [5, 5.41) is 7.60. The van der Waals surface area contributed by atoms with Crippen LogP contribution in [0.15, 0.2) is 0 Å². The second-order valence-electron chi connectivity index (χ2n) is 1.94. The molecule has 0 aromatic carbocycles. The summed E-state index contributed by atoms with van der Waals surface area (Å²) in [7, 11) is -14.0. The van der Waals surface area contributed by atoms with E-state index in [4.69, 9.17) is 57.7 Å². The molecule has 20 heavy (non-hydrogen) atoms. The fourth-order valence-corrected chi connectivity index (χ4v) is 0. The first-order chi connectivity index (χ1) is 8.27.